The fourth-order valence-corrected chi connectivity index (χ4v) is 5.12. The Hall–Kier alpha value is -3.67. The van der Waals surface area contributed by atoms with Gasteiger partial charge in [0.2, 0.25) is 11.8 Å². The van der Waals surface area contributed by atoms with E-state index in [1.54, 1.807) is 6.07 Å². The molecule has 3 amide bonds. The quantitative estimate of drug-likeness (QED) is 0.530. The van der Waals surface area contributed by atoms with Gasteiger partial charge in [-0.05, 0) is 61.7 Å². The van der Waals surface area contributed by atoms with Crippen LogP contribution in [0.2, 0.25) is 0 Å². The molecule has 0 spiro atoms. The lowest BCUT2D eigenvalue weighted by Crippen LogP contribution is -2.71. The van der Waals surface area contributed by atoms with Crippen molar-refractivity contribution < 1.29 is 36.7 Å². The summed E-state index contributed by atoms with van der Waals surface area (Å²) in [4.78, 5) is 43.8. The zero-order valence-corrected chi connectivity index (χ0v) is 21.4. The number of ether oxygens (including phenoxy) is 1. The molecule has 0 bridgehead atoms. The van der Waals surface area contributed by atoms with Gasteiger partial charge in [-0.15, -0.1) is 0 Å². The molecule has 0 saturated carbocycles. The molecule has 12 heteroatoms. The highest BCUT2D eigenvalue weighted by molar-refractivity contribution is 5.90. The fraction of sp³-hybridized carbons (Fsp3) is 0.444. The number of aryl methyl sites for hydroxylation is 1. The highest BCUT2D eigenvalue weighted by atomic mass is 19.4. The highest BCUT2D eigenvalue weighted by Crippen LogP contribution is 2.32. The first kappa shape index (κ1) is 28.3. The average molecular weight is 551 g/mol. The van der Waals surface area contributed by atoms with E-state index in [0.717, 1.165) is 12.1 Å². The molecule has 8 nitrogen and oxygen atoms in total. The molecule has 2 fully saturated rings. The van der Waals surface area contributed by atoms with Gasteiger partial charge in [0.1, 0.15) is 24.6 Å². The van der Waals surface area contributed by atoms with E-state index in [0.29, 0.717) is 24.1 Å². The van der Waals surface area contributed by atoms with Crippen molar-refractivity contribution in [2.75, 3.05) is 19.6 Å². The van der Waals surface area contributed by atoms with Crippen molar-refractivity contribution in [2.45, 2.75) is 57.7 Å². The molecule has 4 rings (SSSR count). The van der Waals surface area contributed by atoms with Crippen LogP contribution in [0.15, 0.2) is 42.5 Å². The monoisotopic (exact) mass is 550 g/mol. The second-order valence-corrected chi connectivity index (χ2v) is 9.78. The molecule has 0 aromatic heterocycles. The first-order valence-electron chi connectivity index (χ1n) is 12.6. The van der Waals surface area contributed by atoms with E-state index in [9.17, 15) is 31.9 Å². The summed E-state index contributed by atoms with van der Waals surface area (Å²) in [6.07, 6.45) is -5.51. The van der Waals surface area contributed by atoms with Crippen molar-refractivity contribution >= 4 is 17.9 Å². The van der Waals surface area contributed by atoms with Gasteiger partial charge in [-0.2, -0.15) is 13.2 Å². The number of fused-ring (bicyclic) bond motifs is 1. The summed E-state index contributed by atoms with van der Waals surface area (Å²) in [5.41, 5.74) is 5.91. The molecular weight excluding hydrogens is 520 g/mol. The van der Waals surface area contributed by atoms with Gasteiger partial charge < -0.3 is 20.3 Å². The maximum Gasteiger partial charge on any atom is 0.416 e. The molecule has 2 aliphatic rings. The summed E-state index contributed by atoms with van der Waals surface area (Å²) >= 11 is 0. The Kier molecular flexibility index (Phi) is 8.43. The molecule has 0 aliphatic carbocycles. The molecule has 2 N–H and O–H groups in total. The second kappa shape index (κ2) is 11.6. The summed E-state index contributed by atoms with van der Waals surface area (Å²) < 4.78 is 58.8. The molecule has 2 heterocycles. The van der Waals surface area contributed by atoms with Crippen molar-refractivity contribution in [3.05, 3.63) is 70.5 Å². The van der Waals surface area contributed by atoms with Gasteiger partial charge in [-0.1, -0.05) is 23.8 Å². The average Bonchev–Trinajstić information content (AvgIpc) is 2.87. The van der Waals surface area contributed by atoms with E-state index in [4.69, 9.17) is 10.5 Å². The Morgan fingerprint density at radius 3 is 2.59 bits per heavy atom. The molecule has 39 heavy (non-hydrogen) atoms. The van der Waals surface area contributed by atoms with Gasteiger partial charge in [0.15, 0.2) is 0 Å². The van der Waals surface area contributed by atoms with Gasteiger partial charge >= 0.3 is 12.3 Å². The lowest BCUT2D eigenvalue weighted by Gasteiger charge is -2.51. The number of alkyl halides is 3. The number of rotatable bonds is 7. The van der Waals surface area contributed by atoms with Crippen molar-refractivity contribution in [3.63, 3.8) is 0 Å². The van der Waals surface area contributed by atoms with Crippen molar-refractivity contribution in [3.8, 4) is 0 Å². The lowest BCUT2D eigenvalue weighted by molar-refractivity contribution is -0.169. The minimum atomic E-state index is -4.54. The van der Waals surface area contributed by atoms with Crippen LogP contribution in [0.25, 0.3) is 0 Å². The zero-order chi connectivity index (χ0) is 28.3. The van der Waals surface area contributed by atoms with E-state index in [1.807, 2.05) is 0 Å². The number of amides is 3. The van der Waals surface area contributed by atoms with Crippen LogP contribution in [-0.2, 0) is 33.7 Å². The van der Waals surface area contributed by atoms with Crippen LogP contribution in [-0.4, -0.2) is 64.4 Å². The van der Waals surface area contributed by atoms with Gasteiger partial charge in [0.05, 0.1) is 12.1 Å². The molecule has 0 unspecified atom stereocenters. The Labute approximate surface area is 223 Å². The van der Waals surface area contributed by atoms with Gasteiger partial charge in [0.25, 0.3) is 0 Å². The third-order valence-corrected chi connectivity index (χ3v) is 6.86. The molecule has 2 aromatic rings. The van der Waals surface area contributed by atoms with Crippen LogP contribution in [0.5, 0.6) is 0 Å². The maximum atomic E-state index is 13.8. The highest BCUT2D eigenvalue weighted by Gasteiger charge is 2.48. The summed E-state index contributed by atoms with van der Waals surface area (Å²) in [6.45, 7) is 1.47. The van der Waals surface area contributed by atoms with E-state index >= 15 is 0 Å². The van der Waals surface area contributed by atoms with Crippen molar-refractivity contribution in [2.24, 2.45) is 5.73 Å². The standard InChI is InChI=1S/C27H30F4N4O4/c1-17-10-19(12-20(11-17)27(29,30)31)16-39-26(38)34-9-7-24(36)35-22(6-3-8-32)25(37)33(15-23(34)35)14-18-4-2-5-21(28)13-18/h2,4-5,10-13,22-23H,3,6-9,14-16,32H2,1H3/t22-,23+/m0/s1. The number of benzene rings is 2. The number of carbonyl (C=O) groups excluding carboxylic acids is 3. The molecule has 210 valence electrons. The molecule has 2 aliphatic heterocycles. The normalized spacial score (nSPS) is 19.8. The summed E-state index contributed by atoms with van der Waals surface area (Å²) in [6, 6.07) is 8.36. The Morgan fingerprint density at radius 1 is 1.13 bits per heavy atom. The van der Waals surface area contributed by atoms with Gasteiger partial charge in [-0.3, -0.25) is 14.5 Å². The van der Waals surface area contributed by atoms with Crippen LogP contribution in [0.1, 0.15) is 41.5 Å². The van der Waals surface area contributed by atoms with Gasteiger partial charge in [0, 0.05) is 19.5 Å². The van der Waals surface area contributed by atoms with Crippen LogP contribution in [0.4, 0.5) is 22.4 Å². The van der Waals surface area contributed by atoms with Crippen LogP contribution >= 0.6 is 0 Å². The van der Waals surface area contributed by atoms with Crippen molar-refractivity contribution in [1.29, 1.82) is 0 Å². The number of hydrogen-bond donors (Lipinski definition) is 1. The van der Waals surface area contributed by atoms with E-state index < -0.39 is 42.5 Å². The summed E-state index contributed by atoms with van der Waals surface area (Å²) in [7, 11) is 0. The van der Waals surface area contributed by atoms with E-state index in [1.165, 1.54) is 45.9 Å². The number of halogens is 4. The van der Waals surface area contributed by atoms with Crippen LogP contribution < -0.4 is 5.73 Å². The Bertz CT molecular complexity index is 1240. The van der Waals surface area contributed by atoms with Crippen LogP contribution in [0, 0.1) is 12.7 Å². The number of piperazine rings is 1. The summed E-state index contributed by atoms with van der Waals surface area (Å²) in [5.74, 6) is -1.08. The first-order valence-corrected chi connectivity index (χ1v) is 12.6. The number of hydrogen-bond acceptors (Lipinski definition) is 5. The molecular formula is C27H30F4N4O4. The Balaban J connectivity index is 1.56. The van der Waals surface area contributed by atoms with E-state index in [-0.39, 0.29) is 49.9 Å². The predicted octanol–water partition coefficient (Wildman–Crippen LogP) is 3.80. The maximum absolute atomic E-state index is 13.8. The minimum Gasteiger partial charge on any atom is -0.444 e. The number of nitrogens with two attached hydrogens (primary N) is 1. The Morgan fingerprint density at radius 2 is 1.90 bits per heavy atom. The fourth-order valence-electron chi connectivity index (χ4n) is 5.12. The third-order valence-electron chi connectivity index (χ3n) is 6.86. The summed E-state index contributed by atoms with van der Waals surface area (Å²) in [5, 5.41) is 0. The molecule has 0 radical (unpaired) electrons. The molecule has 2 aromatic carbocycles. The lowest BCUT2D eigenvalue weighted by atomic mass is 9.99. The smallest absolute Gasteiger partial charge is 0.416 e. The van der Waals surface area contributed by atoms with Gasteiger partial charge in [-0.25, -0.2) is 9.18 Å². The SMILES string of the molecule is Cc1cc(COC(=O)N2CCC(=O)N3[C@@H]2CN(Cc2cccc(F)c2)C(=O)[C@@H]3CCCN)cc(C(F)(F)F)c1. The zero-order valence-electron chi connectivity index (χ0n) is 21.4. The topological polar surface area (TPSA) is 96.2 Å². The van der Waals surface area contributed by atoms with Crippen molar-refractivity contribution in [1.82, 2.24) is 14.7 Å². The minimum absolute atomic E-state index is 0.0199. The molecule has 2 saturated heterocycles. The third kappa shape index (κ3) is 6.49. The van der Waals surface area contributed by atoms with Crippen LogP contribution in [0.3, 0.4) is 0 Å². The predicted molar refractivity (Wildman–Crippen MR) is 132 cm³/mol. The number of nitrogens with zero attached hydrogens (tertiary/aromatic N) is 3. The number of carbonyl (C=O) groups is 3. The first-order chi connectivity index (χ1) is 18.5. The largest absolute Gasteiger partial charge is 0.444 e. The molecule has 2 atom stereocenters. The second-order valence-electron chi connectivity index (χ2n) is 9.78. The van der Waals surface area contributed by atoms with E-state index in [2.05, 4.69) is 0 Å².